The van der Waals surface area contributed by atoms with Gasteiger partial charge in [-0.15, -0.1) is 0 Å². The molecular weight excluding hydrogens is 248 g/mol. The lowest BCUT2D eigenvalue weighted by atomic mass is 9.76. The van der Waals surface area contributed by atoms with Crippen molar-refractivity contribution in [3.8, 4) is 0 Å². The fourth-order valence-electron chi connectivity index (χ4n) is 3.10. The Kier molecular flexibility index (Phi) is 5.18. The SMILES string of the molecule is CCCC1(C(=O)Nc2cccc(CC)c2)CCCNC1. The van der Waals surface area contributed by atoms with Crippen LogP contribution in [-0.4, -0.2) is 19.0 Å². The highest BCUT2D eigenvalue weighted by Crippen LogP contribution is 2.33. The van der Waals surface area contributed by atoms with Gasteiger partial charge in [0, 0.05) is 12.2 Å². The molecule has 0 saturated carbocycles. The van der Waals surface area contributed by atoms with Gasteiger partial charge in [-0.3, -0.25) is 4.79 Å². The van der Waals surface area contributed by atoms with E-state index in [1.165, 1.54) is 5.56 Å². The zero-order valence-electron chi connectivity index (χ0n) is 12.7. The predicted molar refractivity (Wildman–Crippen MR) is 83.9 cm³/mol. The number of benzene rings is 1. The Bertz CT molecular complexity index is 445. The van der Waals surface area contributed by atoms with Gasteiger partial charge in [-0.05, 0) is 49.9 Å². The molecule has 2 rings (SSSR count). The number of aryl methyl sites for hydroxylation is 1. The summed E-state index contributed by atoms with van der Waals surface area (Å²) < 4.78 is 0. The molecule has 1 aromatic carbocycles. The van der Waals surface area contributed by atoms with Crippen molar-refractivity contribution in [1.82, 2.24) is 5.32 Å². The van der Waals surface area contributed by atoms with Crippen LogP contribution < -0.4 is 10.6 Å². The maximum absolute atomic E-state index is 12.7. The van der Waals surface area contributed by atoms with E-state index in [2.05, 4.69) is 36.6 Å². The maximum atomic E-state index is 12.7. The van der Waals surface area contributed by atoms with Gasteiger partial charge in [0.2, 0.25) is 5.91 Å². The molecule has 0 spiro atoms. The van der Waals surface area contributed by atoms with E-state index in [1.807, 2.05) is 12.1 Å². The van der Waals surface area contributed by atoms with Crippen molar-refractivity contribution in [2.24, 2.45) is 5.41 Å². The summed E-state index contributed by atoms with van der Waals surface area (Å²) in [4.78, 5) is 12.7. The molecule has 1 aliphatic heterocycles. The van der Waals surface area contributed by atoms with E-state index < -0.39 is 0 Å². The van der Waals surface area contributed by atoms with Crippen LogP contribution >= 0.6 is 0 Å². The van der Waals surface area contributed by atoms with Crippen LogP contribution in [0.15, 0.2) is 24.3 Å². The van der Waals surface area contributed by atoms with Gasteiger partial charge >= 0.3 is 0 Å². The van der Waals surface area contributed by atoms with Gasteiger partial charge in [0.1, 0.15) is 0 Å². The van der Waals surface area contributed by atoms with Crippen molar-refractivity contribution >= 4 is 11.6 Å². The molecule has 1 amide bonds. The second-order valence-electron chi connectivity index (χ2n) is 5.82. The average Bonchev–Trinajstić information content (AvgIpc) is 2.48. The Balaban J connectivity index is 2.11. The third kappa shape index (κ3) is 3.40. The van der Waals surface area contributed by atoms with Crippen molar-refractivity contribution in [3.05, 3.63) is 29.8 Å². The Labute approximate surface area is 122 Å². The number of piperidine rings is 1. The first-order valence-corrected chi connectivity index (χ1v) is 7.81. The first-order valence-electron chi connectivity index (χ1n) is 7.81. The van der Waals surface area contributed by atoms with E-state index in [-0.39, 0.29) is 11.3 Å². The number of hydrogen-bond donors (Lipinski definition) is 2. The highest BCUT2D eigenvalue weighted by Gasteiger charge is 2.38. The summed E-state index contributed by atoms with van der Waals surface area (Å²) in [6.45, 7) is 6.12. The number of hydrogen-bond acceptors (Lipinski definition) is 2. The summed E-state index contributed by atoms with van der Waals surface area (Å²) in [7, 11) is 0. The minimum absolute atomic E-state index is 0.180. The molecule has 3 heteroatoms. The second kappa shape index (κ2) is 6.89. The molecule has 1 fully saturated rings. The highest BCUT2D eigenvalue weighted by molar-refractivity contribution is 5.95. The zero-order chi connectivity index (χ0) is 14.4. The topological polar surface area (TPSA) is 41.1 Å². The van der Waals surface area contributed by atoms with Gasteiger partial charge < -0.3 is 10.6 Å². The number of carbonyl (C=O) groups excluding carboxylic acids is 1. The number of amides is 1. The summed E-state index contributed by atoms with van der Waals surface area (Å²) in [6, 6.07) is 8.17. The minimum Gasteiger partial charge on any atom is -0.326 e. The quantitative estimate of drug-likeness (QED) is 0.864. The monoisotopic (exact) mass is 274 g/mol. The lowest BCUT2D eigenvalue weighted by molar-refractivity contribution is -0.127. The fourth-order valence-corrected chi connectivity index (χ4v) is 3.10. The second-order valence-corrected chi connectivity index (χ2v) is 5.82. The molecule has 1 saturated heterocycles. The van der Waals surface area contributed by atoms with E-state index in [0.29, 0.717) is 0 Å². The summed E-state index contributed by atoms with van der Waals surface area (Å²) >= 11 is 0. The van der Waals surface area contributed by atoms with Crippen LogP contribution in [0, 0.1) is 5.41 Å². The van der Waals surface area contributed by atoms with Crippen LogP contribution in [0.4, 0.5) is 5.69 Å². The third-order valence-corrected chi connectivity index (χ3v) is 4.28. The van der Waals surface area contributed by atoms with Crippen molar-refractivity contribution in [1.29, 1.82) is 0 Å². The Morgan fingerprint density at radius 2 is 2.25 bits per heavy atom. The van der Waals surface area contributed by atoms with Crippen LogP contribution in [-0.2, 0) is 11.2 Å². The molecule has 110 valence electrons. The maximum Gasteiger partial charge on any atom is 0.231 e. The summed E-state index contributed by atoms with van der Waals surface area (Å²) in [5, 5.41) is 6.52. The molecule has 20 heavy (non-hydrogen) atoms. The molecule has 3 nitrogen and oxygen atoms in total. The summed E-state index contributed by atoms with van der Waals surface area (Å²) in [6.07, 6.45) is 5.07. The average molecular weight is 274 g/mol. The van der Waals surface area contributed by atoms with Crippen LogP contribution in [0.2, 0.25) is 0 Å². The molecule has 1 aliphatic rings. The fraction of sp³-hybridized carbons (Fsp3) is 0.588. The summed E-state index contributed by atoms with van der Waals surface area (Å²) in [5.74, 6) is 0.180. The van der Waals surface area contributed by atoms with Gasteiger partial charge in [-0.25, -0.2) is 0 Å². The van der Waals surface area contributed by atoms with E-state index in [0.717, 1.165) is 50.9 Å². The standard InChI is InChI=1S/C17H26N2O/c1-3-9-17(10-6-11-18-13-17)16(20)19-15-8-5-7-14(4-2)12-15/h5,7-8,12,18H,3-4,6,9-11,13H2,1-2H3,(H,19,20). The Morgan fingerprint density at radius 1 is 1.40 bits per heavy atom. The zero-order valence-corrected chi connectivity index (χ0v) is 12.7. The lowest BCUT2D eigenvalue weighted by Gasteiger charge is -2.36. The number of nitrogens with one attached hydrogen (secondary N) is 2. The van der Waals surface area contributed by atoms with Gasteiger partial charge in [0.05, 0.1) is 5.41 Å². The van der Waals surface area contributed by atoms with Crippen molar-refractivity contribution in [2.45, 2.75) is 46.0 Å². The molecule has 2 N–H and O–H groups in total. The first kappa shape index (κ1) is 15.0. The van der Waals surface area contributed by atoms with Crippen LogP contribution in [0.1, 0.15) is 45.1 Å². The van der Waals surface area contributed by atoms with Crippen LogP contribution in [0.3, 0.4) is 0 Å². The van der Waals surface area contributed by atoms with Crippen LogP contribution in [0.5, 0.6) is 0 Å². The molecule has 1 heterocycles. The molecular formula is C17H26N2O. The van der Waals surface area contributed by atoms with Gasteiger partial charge in [0.15, 0.2) is 0 Å². The molecule has 1 aromatic rings. The summed E-state index contributed by atoms with van der Waals surface area (Å²) in [5.41, 5.74) is 1.96. The third-order valence-electron chi connectivity index (χ3n) is 4.28. The van der Waals surface area contributed by atoms with Gasteiger partial charge in [-0.2, -0.15) is 0 Å². The highest BCUT2D eigenvalue weighted by atomic mass is 16.2. The molecule has 0 aromatic heterocycles. The predicted octanol–water partition coefficient (Wildman–Crippen LogP) is 3.36. The van der Waals surface area contributed by atoms with E-state index >= 15 is 0 Å². The van der Waals surface area contributed by atoms with Crippen molar-refractivity contribution < 1.29 is 4.79 Å². The number of anilines is 1. The smallest absolute Gasteiger partial charge is 0.231 e. The molecule has 0 bridgehead atoms. The molecule has 0 radical (unpaired) electrons. The molecule has 1 unspecified atom stereocenters. The van der Waals surface area contributed by atoms with Crippen LogP contribution in [0.25, 0.3) is 0 Å². The Morgan fingerprint density at radius 3 is 2.90 bits per heavy atom. The molecule has 1 atom stereocenters. The first-order chi connectivity index (χ1) is 9.70. The lowest BCUT2D eigenvalue weighted by Crippen LogP contribution is -2.48. The normalized spacial score (nSPS) is 22.5. The minimum atomic E-state index is -0.227. The number of carbonyl (C=O) groups is 1. The Hall–Kier alpha value is -1.35. The van der Waals surface area contributed by atoms with E-state index in [1.54, 1.807) is 0 Å². The van der Waals surface area contributed by atoms with Gasteiger partial charge in [-0.1, -0.05) is 32.4 Å². The van der Waals surface area contributed by atoms with E-state index in [9.17, 15) is 4.79 Å². The van der Waals surface area contributed by atoms with Crippen molar-refractivity contribution in [2.75, 3.05) is 18.4 Å². The van der Waals surface area contributed by atoms with E-state index in [4.69, 9.17) is 0 Å². The van der Waals surface area contributed by atoms with Crippen molar-refractivity contribution in [3.63, 3.8) is 0 Å². The molecule has 0 aliphatic carbocycles. The van der Waals surface area contributed by atoms with Gasteiger partial charge in [0.25, 0.3) is 0 Å². The number of rotatable bonds is 5. The largest absolute Gasteiger partial charge is 0.326 e.